The van der Waals surface area contributed by atoms with Crippen LogP contribution in [0, 0.1) is 23.2 Å². The maximum atomic E-state index is 13.0. The fraction of sp³-hybridized carbons (Fsp3) is 0.692. The van der Waals surface area contributed by atoms with Gasteiger partial charge in [0, 0.05) is 22.9 Å². The summed E-state index contributed by atoms with van der Waals surface area (Å²) in [6, 6.07) is 6.06. The summed E-state index contributed by atoms with van der Waals surface area (Å²) < 4.78 is 40.6. The molecule has 4 saturated carbocycles. The van der Waals surface area contributed by atoms with E-state index >= 15 is 0 Å². The predicted molar refractivity (Wildman–Crippen MR) is 132 cm³/mol. The number of aldehydes is 1. The van der Waals surface area contributed by atoms with Crippen LogP contribution in [0.2, 0.25) is 0 Å². The van der Waals surface area contributed by atoms with Crippen LogP contribution in [0.3, 0.4) is 0 Å². The number of benzene rings is 1. The van der Waals surface area contributed by atoms with Gasteiger partial charge in [0.15, 0.2) is 0 Å². The molecule has 0 heterocycles. The fourth-order valence-corrected chi connectivity index (χ4v) is 7.62. The first-order valence-electron chi connectivity index (χ1n) is 12.4. The van der Waals surface area contributed by atoms with Gasteiger partial charge in [0.2, 0.25) is 5.91 Å². The van der Waals surface area contributed by atoms with Crippen LogP contribution in [0.5, 0.6) is 0 Å². The summed E-state index contributed by atoms with van der Waals surface area (Å²) in [6.45, 7) is 5.84. The zero-order chi connectivity index (χ0) is 26.0. The van der Waals surface area contributed by atoms with Crippen molar-refractivity contribution >= 4 is 24.1 Å². The first kappa shape index (κ1) is 28.0. The highest BCUT2D eigenvalue weighted by molar-refractivity contribution is 7.97. The molecule has 1 aromatic rings. The van der Waals surface area contributed by atoms with Crippen molar-refractivity contribution in [1.82, 2.24) is 9.62 Å². The molecule has 0 aliphatic heterocycles. The number of amides is 1. The molecule has 0 aromatic heterocycles. The Bertz CT molecular complexity index is 892. The number of alkyl halides is 3. The number of rotatable bonds is 8. The molecule has 0 radical (unpaired) electrons. The number of halogens is 3. The Hall–Kier alpha value is -1.58. The summed E-state index contributed by atoms with van der Waals surface area (Å²) in [6.07, 6.45) is 2.90. The van der Waals surface area contributed by atoms with Crippen LogP contribution in [0.15, 0.2) is 29.2 Å². The van der Waals surface area contributed by atoms with Gasteiger partial charge in [-0.15, -0.1) is 0 Å². The van der Waals surface area contributed by atoms with Gasteiger partial charge in [0.25, 0.3) is 0 Å². The van der Waals surface area contributed by atoms with Crippen LogP contribution < -0.4 is 11.1 Å². The summed E-state index contributed by atoms with van der Waals surface area (Å²) in [4.78, 5) is 22.9. The molecular weight excluding hydrogens is 475 g/mol. The molecule has 0 spiro atoms. The zero-order valence-corrected chi connectivity index (χ0v) is 21.8. The van der Waals surface area contributed by atoms with E-state index < -0.39 is 17.3 Å². The molecule has 1 amide bonds. The average molecular weight is 514 g/mol. The minimum Gasteiger partial charge on any atom is -0.369 e. The third-order valence-electron chi connectivity index (χ3n) is 7.89. The minimum absolute atomic E-state index is 0.0311. The molecule has 4 fully saturated rings. The van der Waals surface area contributed by atoms with Crippen molar-refractivity contribution in [3.05, 3.63) is 29.8 Å². The highest BCUT2D eigenvalue weighted by atomic mass is 32.2. The topological polar surface area (TPSA) is 75.4 Å². The first-order chi connectivity index (χ1) is 16.4. The molecule has 3 N–H and O–H groups in total. The van der Waals surface area contributed by atoms with Crippen LogP contribution in [0.4, 0.5) is 13.2 Å². The molecule has 0 saturated heterocycles. The van der Waals surface area contributed by atoms with E-state index in [0.717, 1.165) is 55.9 Å². The van der Waals surface area contributed by atoms with Crippen molar-refractivity contribution in [2.75, 3.05) is 13.6 Å². The largest absolute Gasteiger partial charge is 0.417 e. The summed E-state index contributed by atoms with van der Waals surface area (Å²) in [5, 5.41) is 3.45. The lowest BCUT2D eigenvalue weighted by Gasteiger charge is -2.58. The number of hydrogen-bond donors (Lipinski definition) is 2. The summed E-state index contributed by atoms with van der Waals surface area (Å²) >= 11 is 0.980. The zero-order valence-electron chi connectivity index (χ0n) is 21.0. The second-order valence-electron chi connectivity index (χ2n) is 10.9. The molecule has 35 heavy (non-hydrogen) atoms. The SMILES string of the molecule is CCCN(Sc1ccccc1C(F)(F)F)C(C)(C)C=O.CNC1C2CC3CC1CC(C(N)=O)(C3)C2. The van der Waals surface area contributed by atoms with Crippen molar-refractivity contribution < 1.29 is 22.8 Å². The quantitative estimate of drug-likeness (QED) is 0.365. The van der Waals surface area contributed by atoms with Crippen LogP contribution in [-0.2, 0) is 15.8 Å². The van der Waals surface area contributed by atoms with Gasteiger partial charge >= 0.3 is 6.18 Å². The molecule has 4 bridgehead atoms. The van der Waals surface area contributed by atoms with Crippen LogP contribution in [0.1, 0.15) is 64.9 Å². The molecule has 1 aromatic carbocycles. The maximum Gasteiger partial charge on any atom is 0.417 e. The van der Waals surface area contributed by atoms with Gasteiger partial charge in [0.05, 0.1) is 11.1 Å². The highest BCUT2D eigenvalue weighted by Crippen LogP contribution is 2.59. The Morgan fingerprint density at radius 2 is 1.80 bits per heavy atom. The number of carbonyl (C=O) groups is 2. The molecular formula is C26H38F3N3O2S. The van der Waals surface area contributed by atoms with Gasteiger partial charge in [-0.05, 0) is 101 Å². The number of nitrogens with one attached hydrogen (secondary N) is 1. The van der Waals surface area contributed by atoms with Crippen molar-refractivity contribution in [3.63, 3.8) is 0 Å². The van der Waals surface area contributed by atoms with Crippen molar-refractivity contribution in [1.29, 1.82) is 0 Å². The fourth-order valence-electron chi connectivity index (χ4n) is 6.41. The molecule has 4 aliphatic rings. The van der Waals surface area contributed by atoms with Crippen molar-refractivity contribution in [2.45, 2.75) is 81.9 Å². The Morgan fingerprint density at radius 3 is 2.29 bits per heavy atom. The molecule has 2 atom stereocenters. The molecule has 5 rings (SSSR count). The molecule has 196 valence electrons. The van der Waals surface area contributed by atoms with Gasteiger partial charge in [-0.3, -0.25) is 4.79 Å². The maximum absolute atomic E-state index is 13.0. The van der Waals surface area contributed by atoms with Crippen molar-refractivity contribution in [3.8, 4) is 0 Å². The summed E-state index contributed by atoms with van der Waals surface area (Å²) in [5.74, 6) is 2.15. The monoisotopic (exact) mass is 513 g/mol. The third kappa shape index (κ3) is 6.05. The lowest BCUT2D eigenvalue weighted by molar-refractivity contribution is -0.145. The van der Waals surface area contributed by atoms with E-state index in [-0.39, 0.29) is 16.2 Å². The number of nitrogens with two attached hydrogens (primary N) is 1. The summed E-state index contributed by atoms with van der Waals surface area (Å²) in [5.41, 5.74) is 4.00. The second-order valence-corrected chi connectivity index (χ2v) is 12.0. The molecule has 4 aliphatic carbocycles. The number of hydrogen-bond acceptors (Lipinski definition) is 5. The van der Waals surface area contributed by atoms with Crippen LogP contribution in [-0.4, -0.2) is 41.7 Å². The van der Waals surface area contributed by atoms with E-state index in [0.29, 0.717) is 24.4 Å². The standard InChI is InChI=1S/C14H18F3NOS.C12H20N2O/c1-4-9-18(13(2,3)10-19)20-12-8-6-5-7-11(12)14(15,16)17;1-14-10-8-2-7-3-9(10)6-12(4-7,5-8)11(13)15/h5-8,10H,4,9H2,1-3H3;7-10,14H,2-6H2,1H3,(H2,13,15). The Labute approximate surface area is 210 Å². The van der Waals surface area contributed by atoms with E-state index in [1.807, 2.05) is 6.92 Å². The van der Waals surface area contributed by atoms with E-state index in [1.165, 1.54) is 25.0 Å². The Kier molecular flexibility index (Phi) is 8.65. The van der Waals surface area contributed by atoms with Gasteiger partial charge < -0.3 is 15.8 Å². The lowest BCUT2D eigenvalue weighted by Crippen LogP contribution is -2.60. The van der Waals surface area contributed by atoms with Gasteiger partial charge in [0.1, 0.15) is 6.29 Å². The van der Waals surface area contributed by atoms with E-state index in [4.69, 9.17) is 5.73 Å². The van der Waals surface area contributed by atoms with Crippen molar-refractivity contribution in [2.24, 2.45) is 28.9 Å². The Morgan fingerprint density at radius 1 is 1.20 bits per heavy atom. The van der Waals surface area contributed by atoms with E-state index in [2.05, 4.69) is 12.4 Å². The Balaban J connectivity index is 0.000000202. The van der Waals surface area contributed by atoms with Crippen LogP contribution in [0.25, 0.3) is 0 Å². The van der Waals surface area contributed by atoms with Crippen LogP contribution >= 0.6 is 11.9 Å². The number of nitrogens with zero attached hydrogens (tertiary/aromatic N) is 1. The normalized spacial score (nSPS) is 29.6. The highest BCUT2D eigenvalue weighted by Gasteiger charge is 2.57. The van der Waals surface area contributed by atoms with Gasteiger partial charge in [-0.1, -0.05) is 19.1 Å². The van der Waals surface area contributed by atoms with E-state index in [9.17, 15) is 22.8 Å². The van der Waals surface area contributed by atoms with E-state index in [1.54, 1.807) is 24.2 Å². The minimum atomic E-state index is -4.40. The first-order valence-corrected chi connectivity index (χ1v) is 13.2. The second kappa shape index (κ2) is 10.8. The molecule has 9 heteroatoms. The lowest BCUT2D eigenvalue weighted by atomic mass is 9.47. The number of carbonyl (C=O) groups excluding carboxylic acids is 2. The van der Waals surface area contributed by atoms with Gasteiger partial charge in [-0.2, -0.15) is 13.2 Å². The number of primary amides is 1. The predicted octanol–water partition coefficient (Wildman–Crippen LogP) is 5.29. The summed E-state index contributed by atoms with van der Waals surface area (Å²) in [7, 11) is 2.06. The third-order valence-corrected chi connectivity index (χ3v) is 9.31. The van der Waals surface area contributed by atoms with Gasteiger partial charge in [-0.25, -0.2) is 4.31 Å². The molecule has 5 nitrogen and oxygen atoms in total. The molecule has 2 unspecified atom stereocenters. The average Bonchev–Trinajstić information content (AvgIpc) is 2.78. The smallest absolute Gasteiger partial charge is 0.369 e.